The Bertz CT molecular complexity index is 84.3. The molecule has 0 nitrogen and oxygen atoms in total. The Labute approximate surface area is 78.8 Å². The van der Waals surface area contributed by atoms with Crippen LogP contribution in [-0.4, -0.2) is 16.6 Å². The van der Waals surface area contributed by atoms with Crippen LogP contribution in [0, 0.1) is 0 Å². The first-order valence-electron chi connectivity index (χ1n) is 3.13. The van der Waals surface area contributed by atoms with E-state index in [4.69, 9.17) is 0 Å². The molecule has 0 N–H and O–H groups in total. The van der Waals surface area contributed by atoms with Gasteiger partial charge in [-0.3, -0.25) is 0 Å². The molecular weight excluding hydrogens is 200 g/mol. The van der Waals surface area contributed by atoms with Crippen molar-refractivity contribution in [3.8, 4) is 0 Å². The van der Waals surface area contributed by atoms with E-state index in [2.05, 4.69) is 10.8 Å². The molecule has 2 heterocycles. The molecule has 0 unspecified atom stereocenters. The summed E-state index contributed by atoms with van der Waals surface area (Å²) in [4.78, 5) is 0. The highest BCUT2D eigenvalue weighted by atomic mass is 33.1. The van der Waals surface area contributed by atoms with Crippen LogP contribution in [0.2, 0.25) is 0 Å². The van der Waals surface area contributed by atoms with E-state index in [0.29, 0.717) is 0 Å². The van der Waals surface area contributed by atoms with Crippen molar-refractivity contribution in [2.45, 2.75) is 6.42 Å². The van der Waals surface area contributed by atoms with Crippen LogP contribution in [0.1, 0.15) is 6.42 Å². The van der Waals surface area contributed by atoms with Crippen molar-refractivity contribution in [1.29, 1.82) is 0 Å². The second kappa shape index (κ2) is 6.83. The van der Waals surface area contributed by atoms with Crippen LogP contribution in [0.15, 0.2) is 10.8 Å². The van der Waals surface area contributed by atoms with Gasteiger partial charge < -0.3 is 0 Å². The molecule has 0 saturated carbocycles. The van der Waals surface area contributed by atoms with Gasteiger partial charge in [0.1, 0.15) is 0 Å². The summed E-state index contributed by atoms with van der Waals surface area (Å²) in [5.74, 6) is 2.76. The first-order valence-corrected chi connectivity index (χ1v) is 7.71. The van der Waals surface area contributed by atoms with E-state index < -0.39 is 0 Å². The largest absolute Gasteiger partial charge is 0.122 e. The van der Waals surface area contributed by atoms with Crippen LogP contribution in [0.4, 0.5) is 0 Å². The number of rotatable bonds is 0. The van der Waals surface area contributed by atoms with Crippen LogP contribution in [0.5, 0.6) is 0 Å². The normalized spacial score (nSPS) is 22.4. The van der Waals surface area contributed by atoms with Crippen molar-refractivity contribution < 1.29 is 0 Å². The summed E-state index contributed by atoms with van der Waals surface area (Å²) in [7, 11) is 3.98. The number of thioether (sulfide) groups is 2. The second-order valence-corrected chi connectivity index (χ2v) is 6.58. The zero-order valence-corrected chi connectivity index (χ0v) is 8.88. The molecule has 0 aliphatic carbocycles. The van der Waals surface area contributed by atoms with Crippen LogP contribution >= 0.6 is 45.1 Å². The Hall–Kier alpha value is 1.14. The predicted molar refractivity (Wildman–Crippen MR) is 58.7 cm³/mol. The Morgan fingerprint density at radius 1 is 0.900 bits per heavy atom. The van der Waals surface area contributed by atoms with Gasteiger partial charge in [0, 0.05) is 16.6 Å². The van der Waals surface area contributed by atoms with Crippen LogP contribution < -0.4 is 0 Å². The van der Waals surface area contributed by atoms with Gasteiger partial charge in [-0.15, -0.1) is 23.5 Å². The molecule has 1 fully saturated rings. The highest BCUT2D eigenvalue weighted by Gasteiger charge is 1.96. The summed E-state index contributed by atoms with van der Waals surface area (Å²) < 4.78 is 0. The van der Waals surface area contributed by atoms with E-state index in [-0.39, 0.29) is 0 Å². The van der Waals surface area contributed by atoms with E-state index in [1.165, 1.54) is 23.0 Å². The Balaban J connectivity index is 0.0000001000. The van der Waals surface area contributed by atoms with Gasteiger partial charge in [0.05, 0.1) is 0 Å². The summed E-state index contributed by atoms with van der Waals surface area (Å²) in [6.07, 6.45) is 1.43. The van der Waals surface area contributed by atoms with Gasteiger partial charge in [0.25, 0.3) is 0 Å². The third-order valence-corrected chi connectivity index (χ3v) is 5.42. The van der Waals surface area contributed by atoms with Crippen molar-refractivity contribution in [3.63, 3.8) is 0 Å². The van der Waals surface area contributed by atoms with Gasteiger partial charge in [-0.25, -0.2) is 0 Å². The van der Waals surface area contributed by atoms with E-state index in [1.54, 1.807) is 0 Å². The van der Waals surface area contributed by atoms with Crippen molar-refractivity contribution >= 4 is 45.1 Å². The van der Waals surface area contributed by atoms with E-state index >= 15 is 0 Å². The van der Waals surface area contributed by atoms with Crippen LogP contribution in [-0.2, 0) is 0 Å². The average Bonchev–Trinajstić information content (AvgIpc) is 2.67. The molecule has 1 saturated heterocycles. The summed E-state index contributed by atoms with van der Waals surface area (Å²) in [5, 5.41) is 5.45. The lowest BCUT2D eigenvalue weighted by molar-refractivity contribution is 1.15. The zero-order valence-electron chi connectivity index (χ0n) is 5.62. The molecule has 0 radical (unpaired) electrons. The molecule has 0 aromatic carbocycles. The Kier molecular flexibility index (Phi) is 6.30. The minimum Gasteiger partial charge on any atom is -0.122 e. The van der Waals surface area contributed by atoms with Gasteiger partial charge in [-0.2, -0.15) is 0 Å². The van der Waals surface area contributed by atoms with Crippen LogP contribution in [0.3, 0.4) is 0 Å². The monoisotopic (exact) mass is 210 g/mol. The summed E-state index contributed by atoms with van der Waals surface area (Å²) in [6.45, 7) is 0. The molecule has 2 aliphatic heterocycles. The third-order valence-electron chi connectivity index (χ3n) is 0.923. The summed E-state index contributed by atoms with van der Waals surface area (Å²) in [6, 6.07) is 0. The lowest BCUT2D eigenvalue weighted by Gasteiger charge is -1.69. The van der Waals surface area contributed by atoms with Gasteiger partial charge >= 0.3 is 0 Å². The molecule has 0 atom stereocenters. The van der Waals surface area contributed by atoms with Gasteiger partial charge in [0.15, 0.2) is 0 Å². The zero-order chi connectivity index (χ0) is 7.07. The van der Waals surface area contributed by atoms with E-state index in [0.717, 1.165) is 0 Å². The van der Waals surface area contributed by atoms with Gasteiger partial charge in [0.2, 0.25) is 0 Å². The summed E-state index contributed by atoms with van der Waals surface area (Å²) >= 11 is 3.71. The third kappa shape index (κ3) is 4.88. The Morgan fingerprint density at radius 2 is 1.50 bits per heavy atom. The fraction of sp³-hybridized carbons (Fsp3) is 0.667. The first-order chi connectivity index (χ1) is 5.00. The van der Waals surface area contributed by atoms with Crippen molar-refractivity contribution in [3.05, 3.63) is 10.8 Å². The second-order valence-electron chi connectivity index (χ2n) is 1.72. The SMILES string of the molecule is C1=CSCS1.C1CSSC1. The molecule has 2 rings (SSSR count). The molecule has 10 heavy (non-hydrogen) atoms. The van der Waals surface area contributed by atoms with Gasteiger partial charge in [-0.05, 0) is 17.2 Å². The average molecular weight is 210 g/mol. The van der Waals surface area contributed by atoms with Crippen molar-refractivity contribution in [1.82, 2.24) is 0 Å². The minimum absolute atomic E-state index is 1.22. The number of hydrogen-bond acceptors (Lipinski definition) is 4. The van der Waals surface area contributed by atoms with E-state index in [9.17, 15) is 0 Å². The maximum Gasteiger partial charge on any atom is 0.0475 e. The standard InChI is InChI=1S/C3H4S2.C3H6S2/c1-2-5-3-4-1;1-2-4-5-3-1/h1-2H,3H2;1-3H2. The first kappa shape index (κ1) is 9.23. The molecular formula is C6H10S4. The predicted octanol–water partition coefficient (Wildman–Crippen LogP) is 3.67. The minimum atomic E-state index is 1.22. The lowest BCUT2D eigenvalue weighted by Crippen LogP contribution is -1.63. The van der Waals surface area contributed by atoms with E-state index in [1.807, 2.05) is 45.1 Å². The smallest absolute Gasteiger partial charge is 0.0475 e. The van der Waals surface area contributed by atoms with Gasteiger partial charge in [-0.1, -0.05) is 21.6 Å². The fourth-order valence-corrected chi connectivity index (χ4v) is 4.42. The topological polar surface area (TPSA) is 0 Å². The number of hydrogen-bond donors (Lipinski definition) is 0. The highest BCUT2D eigenvalue weighted by molar-refractivity contribution is 8.77. The lowest BCUT2D eigenvalue weighted by atomic mass is 10.6. The molecule has 2 aliphatic rings. The quantitative estimate of drug-likeness (QED) is 0.559. The highest BCUT2D eigenvalue weighted by Crippen LogP contribution is 2.29. The molecule has 0 aromatic heterocycles. The van der Waals surface area contributed by atoms with Crippen LogP contribution in [0.25, 0.3) is 0 Å². The molecule has 0 bridgehead atoms. The maximum absolute atomic E-state index is 2.12. The molecule has 0 spiro atoms. The molecule has 58 valence electrons. The molecule has 4 heteroatoms. The fourth-order valence-electron chi connectivity index (χ4n) is 0.491. The van der Waals surface area contributed by atoms with Crippen molar-refractivity contribution in [2.75, 3.05) is 16.6 Å². The Morgan fingerprint density at radius 3 is 1.70 bits per heavy atom. The molecule has 0 aromatic rings. The summed E-state index contributed by atoms with van der Waals surface area (Å²) in [5.41, 5.74) is 0. The molecule has 0 amide bonds. The van der Waals surface area contributed by atoms with Crippen molar-refractivity contribution in [2.24, 2.45) is 0 Å². The maximum atomic E-state index is 2.12.